The normalized spacial score (nSPS) is 14.4. The molecule has 0 heterocycles. The largest absolute Gasteiger partial charge is 0.444 e. The molecule has 1 amide bonds. The van der Waals surface area contributed by atoms with E-state index in [4.69, 9.17) is 4.74 Å². The Balaban J connectivity index is 2.96. The van der Waals surface area contributed by atoms with Gasteiger partial charge in [-0.05, 0) is 32.9 Å². The minimum Gasteiger partial charge on any atom is -0.444 e. The molecule has 3 N–H and O–H groups in total. The van der Waals surface area contributed by atoms with Crippen LogP contribution < -0.4 is 5.32 Å². The molecule has 0 aliphatic heterocycles. The molecule has 2 unspecified atom stereocenters. The summed E-state index contributed by atoms with van der Waals surface area (Å²) in [6.07, 6.45) is -3.24. The van der Waals surface area contributed by atoms with E-state index in [1.54, 1.807) is 20.8 Å². The van der Waals surface area contributed by atoms with Crippen molar-refractivity contribution in [3.8, 4) is 0 Å². The maximum absolute atomic E-state index is 11.6. The summed E-state index contributed by atoms with van der Waals surface area (Å²) in [5, 5.41) is 33.6. The van der Waals surface area contributed by atoms with E-state index >= 15 is 0 Å². The van der Waals surface area contributed by atoms with Gasteiger partial charge in [-0.15, -0.1) is 0 Å². The van der Waals surface area contributed by atoms with Crippen molar-refractivity contribution in [1.82, 2.24) is 5.32 Å². The van der Waals surface area contributed by atoms with Crippen LogP contribution in [0.3, 0.4) is 0 Å². The van der Waals surface area contributed by atoms with E-state index in [-0.39, 0.29) is 10.5 Å². The lowest BCUT2D eigenvalue weighted by Crippen LogP contribution is -2.39. The molecule has 26 heavy (non-hydrogen) atoms. The van der Waals surface area contributed by atoms with Crippen LogP contribution in [0.2, 0.25) is 0 Å². The zero-order valence-electron chi connectivity index (χ0n) is 14.8. The molecule has 11 heteroatoms. The van der Waals surface area contributed by atoms with Gasteiger partial charge < -0.3 is 20.3 Å². The molecule has 2 atom stereocenters. The van der Waals surface area contributed by atoms with E-state index in [0.29, 0.717) is 0 Å². The summed E-state index contributed by atoms with van der Waals surface area (Å²) in [4.78, 5) is 21.6. The highest BCUT2D eigenvalue weighted by Crippen LogP contribution is 2.29. The summed E-state index contributed by atoms with van der Waals surface area (Å²) in [6.45, 7) is 4.50. The quantitative estimate of drug-likeness (QED) is 0.478. The van der Waals surface area contributed by atoms with Gasteiger partial charge in [-0.2, -0.15) is 0 Å². The number of rotatable bonds is 6. The highest BCUT2D eigenvalue weighted by atomic mass is 32.2. The van der Waals surface area contributed by atoms with E-state index < -0.39 is 50.9 Å². The van der Waals surface area contributed by atoms with Crippen molar-refractivity contribution in [2.45, 2.75) is 43.5 Å². The monoisotopic (exact) mass is 390 g/mol. The Morgan fingerprint density at radius 1 is 1.35 bits per heavy atom. The third-order valence-electron chi connectivity index (χ3n) is 3.16. The molecule has 0 aliphatic rings. The lowest BCUT2D eigenvalue weighted by atomic mass is 10.0. The molecule has 0 bridgehead atoms. The van der Waals surface area contributed by atoms with E-state index in [1.807, 2.05) is 0 Å². The Hall–Kier alpha value is -2.24. The summed E-state index contributed by atoms with van der Waals surface area (Å²) in [5.74, 6) is 0. The third-order valence-corrected chi connectivity index (χ3v) is 4.27. The lowest BCUT2D eigenvalue weighted by Gasteiger charge is -2.22. The number of benzene rings is 1. The van der Waals surface area contributed by atoms with Gasteiger partial charge in [0, 0.05) is 18.9 Å². The van der Waals surface area contributed by atoms with Crippen molar-refractivity contribution >= 4 is 21.6 Å². The number of alkyl carbamates (subject to hydrolysis) is 1. The summed E-state index contributed by atoms with van der Waals surface area (Å²) < 4.78 is 28.0. The van der Waals surface area contributed by atoms with Crippen molar-refractivity contribution in [1.29, 1.82) is 0 Å². The van der Waals surface area contributed by atoms with Crippen LogP contribution >= 0.6 is 0 Å². The molecular weight excluding hydrogens is 368 g/mol. The summed E-state index contributed by atoms with van der Waals surface area (Å²) >= 11 is 0. The summed E-state index contributed by atoms with van der Waals surface area (Å²) in [6, 6.07) is 2.95. The van der Waals surface area contributed by atoms with Gasteiger partial charge in [-0.1, -0.05) is 0 Å². The first kappa shape index (κ1) is 21.8. The van der Waals surface area contributed by atoms with E-state index in [9.17, 15) is 33.5 Å². The Kier molecular flexibility index (Phi) is 6.69. The number of nitro groups is 1. The van der Waals surface area contributed by atoms with E-state index in [0.717, 1.165) is 24.5 Å². The van der Waals surface area contributed by atoms with Crippen LogP contribution in [-0.2, 0) is 14.6 Å². The van der Waals surface area contributed by atoms with E-state index in [2.05, 4.69) is 5.32 Å². The molecule has 1 rings (SSSR count). The predicted octanol–water partition coefficient (Wildman–Crippen LogP) is 0.917. The minimum atomic E-state index is -3.68. The van der Waals surface area contributed by atoms with Gasteiger partial charge in [-0.25, -0.2) is 13.2 Å². The fourth-order valence-electron chi connectivity index (χ4n) is 1.98. The van der Waals surface area contributed by atoms with Gasteiger partial charge in [0.25, 0.3) is 5.69 Å². The number of carbonyl (C=O) groups excluding carboxylic acids is 1. The fourth-order valence-corrected chi connectivity index (χ4v) is 2.62. The molecular formula is C15H22N2O8S. The molecule has 0 saturated heterocycles. The van der Waals surface area contributed by atoms with Crippen molar-refractivity contribution < 1.29 is 33.1 Å². The van der Waals surface area contributed by atoms with Gasteiger partial charge >= 0.3 is 6.09 Å². The number of aliphatic hydroxyl groups is 2. The number of hydrogen-bond donors (Lipinski definition) is 3. The van der Waals surface area contributed by atoms with Gasteiger partial charge in [-0.3, -0.25) is 10.1 Å². The number of amides is 1. The lowest BCUT2D eigenvalue weighted by molar-refractivity contribution is -0.386. The number of ether oxygens (including phenoxy) is 1. The van der Waals surface area contributed by atoms with Crippen molar-refractivity contribution in [3.05, 3.63) is 33.9 Å². The predicted molar refractivity (Wildman–Crippen MR) is 91.4 cm³/mol. The topological polar surface area (TPSA) is 156 Å². The molecule has 0 aliphatic carbocycles. The molecule has 10 nitrogen and oxygen atoms in total. The molecule has 1 aromatic carbocycles. The van der Waals surface area contributed by atoms with Crippen LogP contribution in [0.1, 0.15) is 32.4 Å². The molecule has 0 fully saturated rings. The Bertz CT molecular complexity index is 785. The molecule has 0 radical (unpaired) electrons. The molecule has 0 aromatic heterocycles. The minimum absolute atomic E-state index is 0.277. The van der Waals surface area contributed by atoms with E-state index in [1.165, 1.54) is 0 Å². The fraction of sp³-hybridized carbons (Fsp3) is 0.533. The second kappa shape index (κ2) is 7.98. The van der Waals surface area contributed by atoms with Crippen LogP contribution in [-0.4, -0.2) is 54.2 Å². The van der Waals surface area contributed by atoms with Crippen LogP contribution in [0.4, 0.5) is 10.5 Å². The Labute approximate surface area is 150 Å². The smallest absolute Gasteiger partial charge is 0.407 e. The first-order valence-corrected chi connectivity index (χ1v) is 9.43. The molecule has 146 valence electrons. The Morgan fingerprint density at radius 3 is 2.38 bits per heavy atom. The average Bonchev–Trinajstić information content (AvgIpc) is 2.48. The second-order valence-electron chi connectivity index (χ2n) is 6.64. The number of nitro benzene ring substituents is 1. The zero-order chi connectivity index (χ0) is 20.3. The van der Waals surface area contributed by atoms with Gasteiger partial charge in [0.15, 0.2) is 9.84 Å². The second-order valence-corrected chi connectivity index (χ2v) is 8.66. The maximum Gasteiger partial charge on any atom is 0.407 e. The number of nitrogens with one attached hydrogen (secondary N) is 1. The molecule has 0 saturated carbocycles. The number of hydrogen-bond acceptors (Lipinski definition) is 8. The zero-order valence-corrected chi connectivity index (χ0v) is 15.6. The standard InChI is InChI=1S/C15H22N2O8S/c1-15(2,3)25-14(20)16-8-12(18)13(19)10-6-5-9(26(4,23)24)7-11(10)17(21)22/h5-7,12-13,18-19H,8H2,1-4H3,(H,16,20). The third kappa shape index (κ3) is 6.24. The molecule has 1 aromatic rings. The highest BCUT2D eigenvalue weighted by Gasteiger charge is 2.28. The van der Waals surface area contributed by atoms with Crippen LogP contribution in [0.5, 0.6) is 0 Å². The number of sulfone groups is 1. The number of carbonyl (C=O) groups is 1. The van der Waals surface area contributed by atoms with Crippen molar-refractivity contribution in [2.24, 2.45) is 0 Å². The van der Waals surface area contributed by atoms with Gasteiger partial charge in [0.2, 0.25) is 0 Å². The summed E-state index contributed by atoms with van der Waals surface area (Å²) in [7, 11) is -3.68. The van der Waals surface area contributed by atoms with Gasteiger partial charge in [0.1, 0.15) is 17.8 Å². The first-order chi connectivity index (χ1) is 11.7. The maximum atomic E-state index is 11.6. The van der Waals surface area contributed by atoms with Crippen molar-refractivity contribution in [2.75, 3.05) is 12.8 Å². The number of aliphatic hydroxyl groups excluding tert-OH is 2. The van der Waals surface area contributed by atoms with Gasteiger partial charge in [0.05, 0.1) is 15.4 Å². The van der Waals surface area contributed by atoms with Crippen LogP contribution in [0.25, 0.3) is 0 Å². The first-order valence-electron chi connectivity index (χ1n) is 7.54. The van der Waals surface area contributed by atoms with Crippen LogP contribution in [0.15, 0.2) is 23.1 Å². The average molecular weight is 390 g/mol. The highest BCUT2D eigenvalue weighted by molar-refractivity contribution is 7.90. The summed E-state index contributed by atoms with van der Waals surface area (Å²) in [5.41, 5.74) is -1.69. The van der Waals surface area contributed by atoms with Crippen molar-refractivity contribution in [3.63, 3.8) is 0 Å². The van der Waals surface area contributed by atoms with Crippen LogP contribution in [0, 0.1) is 10.1 Å². The Morgan fingerprint density at radius 2 is 1.92 bits per heavy atom. The number of nitrogens with zero attached hydrogens (tertiary/aromatic N) is 1. The SMILES string of the molecule is CC(C)(C)OC(=O)NCC(O)C(O)c1ccc(S(C)(=O)=O)cc1[N+](=O)[O-]. The molecule has 0 spiro atoms.